The number of thioether (sulfide) groups is 1. The van der Waals surface area contributed by atoms with Crippen LogP contribution in [0.1, 0.15) is 10.8 Å². The maximum absolute atomic E-state index is 3.91. The smallest absolute Gasteiger partial charge is 0.0521 e. The van der Waals surface area contributed by atoms with E-state index in [0.717, 1.165) is 0 Å². The molecule has 0 fully saturated rings. The van der Waals surface area contributed by atoms with E-state index in [2.05, 4.69) is 55.1 Å². The van der Waals surface area contributed by atoms with E-state index in [0.29, 0.717) is 5.25 Å². The Balaban J connectivity index is 2.16. The van der Waals surface area contributed by atoms with Gasteiger partial charge in [0.25, 0.3) is 0 Å². The summed E-state index contributed by atoms with van der Waals surface area (Å²) >= 11 is 1.82. The molecule has 80 valence electrons. The predicted molar refractivity (Wildman–Crippen MR) is 71.7 cm³/mol. The van der Waals surface area contributed by atoms with Crippen molar-refractivity contribution in [1.82, 2.24) is 0 Å². The van der Waals surface area contributed by atoms with Gasteiger partial charge in [-0.25, -0.2) is 0 Å². The Bertz CT molecular complexity index is 434. The van der Waals surface area contributed by atoms with E-state index < -0.39 is 0 Å². The molecule has 0 saturated heterocycles. The Labute approximate surface area is 101 Å². The maximum Gasteiger partial charge on any atom is 0.0521 e. The lowest BCUT2D eigenvalue weighted by Gasteiger charge is -2.12. The van der Waals surface area contributed by atoms with Crippen molar-refractivity contribution in [3.8, 4) is 0 Å². The predicted octanol–water partition coefficient (Wildman–Crippen LogP) is 4.71. The molecule has 1 atom stereocenters. The first-order chi connectivity index (χ1) is 7.90. The summed E-state index contributed by atoms with van der Waals surface area (Å²) < 4.78 is 0. The lowest BCUT2D eigenvalue weighted by Crippen LogP contribution is -1.88. The zero-order chi connectivity index (χ0) is 11.2. The van der Waals surface area contributed by atoms with Gasteiger partial charge in [0.1, 0.15) is 0 Å². The van der Waals surface area contributed by atoms with Crippen molar-refractivity contribution < 1.29 is 0 Å². The van der Waals surface area contributed by atoms with Crippen LogP contribution >= 0.6 is 11.8 Å². The second-order valence-electron chi connectivity index (χ2n) is 3.50. The van der Waals surface area contributed by atoms with E-state index in [4.69, 9.17) is 0 Å². The summed E-state index contributed by atoms with van der Waals surface area (Å²) in [5.41, 5.74) is 1.30. The first kappa shape index (κ1) is 11.0. The molecule has 2 aromatic carbocycles. The van der Waals surface area contributed by atoms with E-state index in [-0.39, 0.29) is 0 Å². The van der Waals surface area contributed by atoms with Crippen molar-refractivity contribution in [3.05, 3.63) is 78.9 Å². The van der Waals surface area contributed by atoms with Crippen molar-refractivity contribution in [2.75, 3.05) is 0 Å². The summed E-state index contributed by atoms with van der Waals surface area (Å²) in [6, 6.07) is 20.9. The van der Waals surface area contributed by atoms with Crippen molar-refractivity contribution >= 4 is 11.8 Å². The monoisotopic (exact) mass is 226 g/mol. The molecule has 0 heterocycles. The number of hydrogen-bond acceptors (Lipinski definition) is 1. The second kappa shape index (κ2) is 5.57. The van der Waals surface area contributed by atoms with Crippen LogP contribution in [0.15, 0.2) is 78.2 Å². The van der Waals surface area contributed by atoms with Crippen LogP contribution < -0.4 is 0 Å². The van der Waals surface area contributed by atoms with Crippen LogP contribution in [0, 0.1) is 0 Å². The Morgan fingerprint density at radius 1 is 0.875 bits per heavy atom. The molecule has 0 spiro atoms. The molecule has 0 amide bonds. The van der Waals surface area contributed by atoms with E-state index in [1.165, 1.54) is 10.5 Å². The molecule has 0 aromatic heterocycles. The largest absolute Gasteiger partial charge is 0.114 e. The van der Waals surface area contributed by atoms with Crippen molar-refractivity contribution in [3.63, 3.8) is 0 Å². The zero-order valence-corrected chi connectivity index (χ0v) is 9.86. The highest BCUT2D eigenvalue weighted by Crippen LogP contribution is 2.35. The molecule has 16 heavy (non-hydrogen) atoms. The quantitative estimate of drug-likeness (QED) is 0.537. The zero-order valence-electron chi connectivity index (χ0n) is 9.04. The van der Waals surface area contributed by atoms with Crippen LogP contribution in [0.5, 0.6) is 0 Å². The van der Waals surface area contributed by atoms with Crippen LogP contribution in [0.3, 0.4) is 0 Å². The van der Waals surface area contributed by atoms with E-state index >= 15 is 0 Å². The molecule has 2 rings (SSSR count). The molecule has 1 unspecified atom stereocenters. The fourth-order valence-electron chi connectivity index (χ4n) is 1.54. The van der Waals surface area contributed by atoms with Gasteiger partial charge in [-0.15, -0.1) is 18.3 Å². The van der Waals surface area contributed by atoms with Crippen LogP contribution in [-0.2, 0) is 0 Å². The lowest BCUT2D eigenvalue weighted by molar-refractivity contribution is 1.22. The fourth-order valence-corrected chi connectivity index (χ4v) is 2.54. The van der Waals surface area contributed by atoms with Crippen LogP contribution in [0.2, 0.25) is 0 Å². The number of benzene rings is 2. The molecule has 0 nitrogen and oxygen atoms in total. The van der Waals surface area contributed by atoms with Crippen molar-refractivity contribution in [1.29, 1.82) is 0 Å². The van der Waals surface area contributed by atoms with Gasteiger partial charge < -0.3 is 0 Å². The molecule has 0 aliphatic rings. The molecule has 0 N–H and O–H groups in total. The molecule has 0 saturated carbocycles. The van der Waals surface area contributed by atoms with E-state index in [1.54, 1.807) is 0 Å². The molecule has 0 radical (unpaired) electrons. The molecule has 0 bridgehead atoms. The summed E-state index contributed by atoms with van der Waals surface area (Å²) in [5, 5.41) is 0.323. The average Bonchev–Trinajstić information content (AvgIpc) is 2.38. The SMILES string of the molecule is C=CC(Sc1ccccc1)c1ccccc1. The van der Waals surface area contributed by atoms with E-state index in [9.17, 15) is 0 Å². The second-order valence-corrected chi connectivity index (χ2v) is 4.71. The molecule has 1 heteroatoms. The summed E-state index contributed by atoms with van der Waals surface area (Å²) in [6.07, 6.45) is 1.99. The van der Waals surface area contributed by atoms with Gasteiger partial charge >= 0.3 is 0 Å². The summed E-state index contributed by atoms with van der Waals surface area (Å²) in [6.45, 7) is 3.91. The van der Waals surface area contributed by atoms with Crippen molar-refractivity contribution in [2.24, 2.45) is 0 Å². The Hall–Kier alpha value is -1.47. The molecular formula is C15H14S. The molecule has 2 aromatic rings. The van der Waals surface area contributed by atoms with Gasteiger partial charge in [-0.3, -0.25) is 0 Å². The summed E-state index contributed by atoms with van der Waals surface area (Å²) in [5.74, 6) is 0. The third-order valence-electron chi connectivity index (χ3n) is 2.35. The minimum absolute atomic E-state index is 0.323. The van der Waals surface area contributed by atoms with Crippen LogP contribution in [0.25, 0.3) is 0 Å². The first-order valence-electron chi connectivity index (χ1n) is 5.29. The minimum Gasteiger partial charge on any atom is -0.114 e. The van der Waals surface area contributed by atoms with Gasteiger partial charge in [0.15, 0.2) is 0 Å². The average molecular weight is 226 g/mol. The van der Waals surface area contributed by atoms with Gasteiger partial charge in [-0.1, -0.05) is 54.6 Å². The Morgan fingerprint density at radius 3 is 2.00 bits per heavy atom. The number of rotatable bonds is 4. The topological polar surface area (TPSA) is 0 Å². The Morgan fingerprint density at radius 2 is 1.44 bits per heavy atom. The van der Waals surface area contributed by atoms with Gasteiger partial charge in [0.2, 0.25) is 0 Å². The summed E-state index contributed by atoms with van der Waals surface area (Å²) in [7, 11) is 0. The molecular weight excluding hydrogens is 212 g/mol. The lowest BCUT2D eigenvalue weighted by atomic mass is 10.1. The maximum atomic E-state index is 3.91. The fraction of sp³-hybridized carbons (Fsp3) is 0.0667. The van der Waals surface area contributed by atoms with Crippen LogP contribution in [0.4, 0.5) is 0 Å². The first-order valence-corrected chi connectivity index (χ1v) is 6.17. The normalized spacial score (nSPS) is 12.0. The minimum atomic E-state index is 0.323. The standard InChI is InChI=1S/C15H14S/c1-2-15(13-9-5-3-6-10-13)16-14-11-7-4-8-12-14/h2-12,15H,1H2. The van der Waals surface area contributed by atoms with Crippen LogP contribution in [-0.4, -0.2) is 0 Å². The molecule has 0 aliphatic carbocycles. The van der Waals surface area contributed by atoms with Crippen molar-refractivity contribution in [2.45, 2.75) is 10.1 Å². The highest BCUT2D eigenvalue weighted by atomic mass is 32.2. The summed E-state index contributed by atoms with van der Waals surface area (Å²) in [4.78, 5) is 1.27. The third kappa shape index (κ3) is 2.77. The van der Waals surface area contributed by atoms with Gasteiger partial charge in [0, 0.05) is 4.90 Å². The number of hydrogen-bond donors (Lipinski definition) is 0. The van der Waals surface area contributed by atoms with Gasteiger partial charge in [-0.2, -0.15) is 0 Å². The van der Waals surface area contributed by atoms with Gasteiger partial charge in [-0.05, 0) is 17.7 Å². The highest BCUT2D eigenvalue weighted by Gasteiger charge is 2.07. The third-order valence-corrected chi connectivity index (χ3v) is 3.61. The Kier molecular flexibility index (Phi) is 3.84. The van der Waals surface area contributed by atoms with E-state index in [1.807, 2.05) is 30.0 Å². The highest BCUT2D eigenvalue weighted by molar-refractivity contribution is 7.99. The molecule has 0 aliphatic heterocycles. The van der Waals surface area contributed by atoms with Gasteiger partial charge in [0.05, 0.1) is 5.25 Å².